The normalized spacial score (nSPS) is 11.9. The van der Waals surface area contributed by atoms with Crippen molar-refractivity contribution < 1.29 is 14.0 Å². The molecule has 0 saturated heterocycles. The van der Waals surface area contributed by atoms with Crippen molar-refractivity contribution in [3.8, 4) is 0 Å². The van der Waals surface area contributed by atoms with E-state index in [0.29, 0.717) is 23.6 Å². The molecular formula is C22H26ClFN2O2. The van der Waals surface area contributed by atoms with Gasteiger partial charge in [-0.05, 0) is 55.7 Å². The second kappa shape index (κ2) is 10.2. The second-order valence-corrected chi connectivity index (χ2v) is 7.48. The van der Waals surface area contributed by atoms with Crippen LogP contribution in [0.2, 0.25) is 5.02 Å². The van der Waals surface area contributed by atoms with Crippen molar-refractivity contribution in [2.24, 2.45) is 0 Å². The summed E-state index contributed by atoms with van der Waals surface area (Å²) in [6.07, 6.45) is 0.584. The number of benzene rings is 2. The van der Waals surface area contributed by atoms with Gasteiger partial charge < -0.3 is 10.2 Å². The monoisotopic (exact) mass is 404 g/mol. The molecule has 0 heterocycles. The van der Waals surface area contributed by atoms with Crippen LogP contribution in [-0.2, 0) is 22.6 Å². The summed E-state index contributed by atoms with van der Waals surface area (Å²) in [5, 5.41) is 3.50. The quantitative estimate of drug-likeness (QED) is 0.710. The Labute approximate surface area is 170 Å². The van der Waals surface area contributed by atoms with Crippen molar-refractivity contribution in [1.82, 2.24) is 10.2 Å². The van der Waals surface area contributed by atoms with E-state index < -0.39 is 6.04 Å². The Morgan fingerprint density at radius 3 is 2.14 bits per heavy atom. The highest BCUT2D eigenvalue weighted by Crippen LogP contribution is 2.17. The summed E-state index contributed by atoms with van der Waals surface area (Å²) in [5.74, 6) is -0.719. The number of halogens is 2. The van der Waals surface area contributed by atoms with Gasteiger partial charge >= 0.3 is 0 Å². The number of hydrogen-bond acceptors (Lipinski definition) is 2. The van der Waals surface area contributed by atoms with Gasteiger partial charge in [-0.3, -0.25) is 9.59 Å². The lowest BCUT2D eigenvalue weighted by Crippen LogP contribution is -2.50. The number of hydrogen-bond donors (Lipinski definition) is 1. The minimum atomic E-state index is -0.592. The molecular weight excluding hydrogens is 379 g/mol. The molecule has 4 nitrogen and oxygen atoms in total. The molecule has 28 heavy (non-hydrogen) atoms. The molecule has 2 aromatic carbocycles. The lowest BCUT2D eigenvalue weighted by Gasteiger charge is -2.31. The minimum absolute atomic E-state index is 0.0221. The third kappa shape index (κ3) is 6.34. The van der Waals surface area contributed by atoms with Gasteiger partial charge in [0.1, 0.15) is 11.9 Å². The van der Waals surface area contributed by atoms with Gasteiger partial charge in [0.15, 0.2) is 0 Å². The minimum Gasteiger partial charge on any atom is -0.352 e. The lowest BCUT2D eigenvalue weighted by atomic mass is 10.1. The molecule has 0 bridgehead atoms. The Balaban J connectivity index is 2.27. The summed E-state index contributed by atoms with van der Waals surface area (Å²) >= 11 is 5.95. The number of carbonyl (C=O) groups excluding carboxylic acids is 2. The van der Waals surface area contributed by atoms with Crippen LogP contribution >= 0.6 is 11.6 Å². The van der Waals surface area contributed by atoms with Crippen LogP contribution in [0.25, 0.3) is 0 Å². The molecule has 150 valence electrons. The number of rotatable bonds is 8. The Kier molecular flexibility index (Phi) is 8.00. The highest BCUT2D eigenvalue weighted by molar-refractivity contribution is 6.30. The van der Waals surface area contributed by atoms with Crippen molar-refractivity contribution >= 4 is 23.4 Å². The second-order valence-electron chi connectivity index (χ2n) is 7.04. The number of amides is 2. The lowest BCUT2D eigenvalue weighted by molar-refractivity contribution is -0.141. The van der Waals surface area contributed by atoms with Gasteiger partial charge in [0, 0.05) is 17.6 Å². The standard InChI is InChI=1S/C22H26ClFN2O2/c1-4-20(22(28)25-15(2)3)26(14-17-5-9-18(23)10-6-17)21(27)13-16-7-11-19(24)12-8-16/h5-12,15,20H,4,13-14H2,1-3H3,(H,25,28). The van der Waals surface area contributed by atoms with Crippen LogP contribution in [-0.4, -0.2) is 28.8 Å². The molecule has 2 rings (SSSR count). The Hall–Kier alpha value is -2.40. The molecule has 2 amide bonds. The third-order valence-corrected chi connectivity index (χ3v) is 4.60. The number of nitrogens with zero attached hydrogens (tertiary/aromatic N) is 1. The molecule has 0 fully saturated rings. The van der Waals surface area contributed by atoms with Crippen molar-refractivity contribution in [3.63, 3.8) is 0 Å². The van der Waals surface area contributed by atoms with Gasteiger partial charge in [0.2, 0.25) is 11.8 Å². The van der Waals surface area contributed by atoms with Crippen LogP contribution in [0, 0.1) is 5.82 Å². The van der Waals surface area contributed by atoms with Crippen LogP contribution in [0.3, 0.4) is 0 Å². The summed E-state index contributed by atoms with van der Waals surface area (Å²) in [6.45, 7) is 5.94. The fourth-order valence-corrected chi connectivity index (χ4v) is 3.09. The van der Waals surface area contributed by atoms with E-state index in [1.807, 2.05) is 32.9 Å². The van der Waals surface area contributed by atoms with Gasteiger partial charge in [-0.15, -0.1) is 0 Å². The van der Waals surface area contributed by atoms with E-state index in [1.54, 1.807) is 29.2 Å². The first kappa shape index (κ1) is 21.9. The highest BCUT2D eigenvalue weighted by Gasteiger charge is 2.28. The molecule has 0 aliphatic heterocycles. The predicted molar refractivity (Wildman–Crippen MR) is 109 cm³/mol. The topological polar surface area (TPSA) is 49.4 Å². The van der Waals surface area contributed by atoms with Crippen LogP contribution in [0.15, 0.2) is 48.5 Å². The zero-order chi connectivity index (χ0) is 20.7. The molecule has 1 N–H and O–H groups in total. The molecule has 0 aromatic heterocycles. The van der Waals surface area contributed by atoms with Gasteiger partial charge in [-0.2, -0.15) is 0 Å². The maximum Gasteiger partial charge on any atom is 0.243 e. The molecule has 1 unspecified atom stereocenters. The Morgan fingerprint density at radius 2 is 1.61 bits per heavy atom. The van der Waals surface area contributed by atoms with Crippen molar-refractivity contribution in [2.75, 3.05) is 0 Å². The maximum atomic E-state index is 13.2. The zero-order valence-electron chi connectivity index (χ0n) is 16.4. The first-order valence-corrected chi connectivity index (χ1v) is 9.76. The first-order chi connectivity index (χ1) is 13.3. The fraction of sp³-hybridized carbons (Fsp3) is 0.364. The van der Waals surface area contributed by atoms with E-state index in [4.69, 9.17) is 11.6 Å². The summed E-state index contributed by atoms with van der Waals surface area (Å²) in [5.41, 5.74) is 1.58. The van der Waals surface area contributed by atoms with Gasteiger partial charge in [-0.1, -0.05) is 42.8 Å². The Bertz CT molecular complexity index is 791. The molecule has 0 radical (unpaired) electrons. The van der Waals surface area contributed by atoms with Crippen LogP contribution in [0.5, 0.6) is 0 Å². The largest absolute Gasteiger partial charge is 0.352 e. The van der Waals surface area contributed by atoms with Crippen LogP contribution in [0.4, 0.5) is 4.39 Å². The number of carbonyl (C=O) groups is 2. The average Bonchev–Trinajstić information content (AvgIpc) is 2.64. The number of nitrogens with one attached hydrogen (secondary N) is 1. The van der Waals surface area contributed by atoms with Gasteiger partial charge in [-0.25, -0.2) is 4.39 Å². The molecule has 0 aliphatic rings. The maximum absolute atomic E-state index is 13.2. The zero-order valence-corrected chi connectivity index (χ0v) is 17.2. The third-order valence-electron chi connectivity index (χ3n) is 4.35. The van der Waals surface area contributed by atoms with Gasteiger partial charge in [0.05, 0.1) is 6.42 Å². The van der Waals surface area contributed by atoms with E-state index in [9.17, 15) is 14.0 Å². The van der Waals surface area contributed by atoms with E-state index in [-0.39, 0.29) is 30.1 Å². The average molecular weight is 405 g/mol. The SMILES string of the molecule is CCC(C(=O)NC(C)C)N(Cc1ccc(Cl)cc1)C(=O)Cc1ccc(F)cc1. The smallest absolute Gasteiger partial charge is 0.243 e. The van der Waals surface area contributed by atoms with Crippen molar-refractivity contribution in [3.05, 3.63) is 70.5 Å². The summed E-state index contributed by atoms with van der Waals surface area (Å²) < 4.78 is 13.2. The predicted octanol–water partition coefficient (Wildman–Crippen LogP) is 4.35. The molecule has 0 spiro atoms. The van der Waals surface area contributed by atoms with E-state index in [2.05, 4.69) is 5.32 Å². The van der Waals surface area contributed by atoms with E-state index in [1.165, 1.54) is 12.1 Å². The fourth-order valence-electron chi connectivity index (χ4n) is 2.97. The van der Waals surface area contributed by atoms with Crippen LogP contribution in [0.1, 0.15) is 38.3 Å². The van der Waals surface area contributed by atoms with Gasteiger partial charge in [0.25, 0.3) is 0 Å². The molecule has 6 heteroatoms. The summed E-state index contributed by atoms with van der Waals surface area (Å²) in [4.78, 5) is 27.4. The van der Waals surface area contributed by atoms with E-state index in [0.717, 1.165) is 5.56 Å². The summed E-state index contributed by atoms with van der Waals surface area (Å²) in [6, 6.07) is 12.4. The molecule has 2 aromatic rings. The highest BCUT2D eigenvalue weighted by atomic mass is 35.5. The molecule has 0 saturated carbocycles. The molecule has 0 aliphatic carbocycles. The van der Waals surface area contributed by atoms with Crippen molar-refractivity contribution in [1.29, 1.82) is 0 Å². The first-order valence-electron chi connectivity index (χ1n) is 9.39. The molecule has 1 atom stereocenters. The van der Waals surface area contributed by atoms with Crippen molar-refractivity contribution in [2.45, 2.75) is 52.2 Å². The van der Waals surface area contributed by atoms with E-state index >= 15 is 0 Å². The Morgan fingerprint density at radius 1 is 1.04 bits per heavy atom. The van der Waals surface area contributed by atoms with Crippen LogP contribution < -0.4 is 5.32 Å². The summed E-state index contributed by atoms with van der Waals surface area (Å²) in [7, 11) is 0.